The number of rotatable bonds is 9. The van der Waals surface area contributed by atoms with Crippen LogP contribution < -0.4 is 15.4 Å². The van der Waals surface area contributed by atoms with Crippen molar-refractivity contribution in [1.29, 1.82) is 0 Å². The van der Waals surface area contributed by atoms with Crippen molar-refractivity contribution in [2.45, 2.75) is 40.0 Å². The zero-order chi connectivity index (χ0) is 26.1. The Balaban J connectivity index is 1.64. The van der Waals surface area contributed by atoms with Crippen LogP contribution in [0.5, 0.6) is 17.2 Å². The summed E-state index contributed by atoms with van der Waals surface area (Å²) in [5, 5.41) is 15.5. The maximum Gasteiger partial charge on any atom is 0.397 e. The third kappa shape index (κ3) is 7.33. The van der Waals surface area contributed by atoms with Crippen LogP contribution in [0.1, 0.15) is 36.5 Å². The van der Waals surface area contributed by atoms with Crippen LogP contribution in [0.3, 0.4) is 0 Å². The van der Waals surface area contributed by atoms with E-state index < -0.39 is 11.9 Å². The highest BCUT2D eigenvalue weighted by molar-refractivity contribution is 6.37. The number of amides is 2. The molecule has 0 unspecified atom stereocenters. The third-order valence-electron chi connectivity index (χ3n) is 5.35. The van der Waals surface area contributed by atoms with E-state index in [9.17, 15) is 19.5 Å². The Morgan fingerprint density at radius 3 is 2.28 bits per heavy atom. The number of nitrogens with one attached hydrogen (secondary N) is 2. The Morgan fingerprint density at radius 2 is 1.61 bits per heavy atom. The van der Waals surface area contributed by atoms with E-state index in [0.717, 1.165) is 6.42 Å². The van der Waals surface area contributed by atoms with Gasteiger partial charge in [0.2, 0.25) is 5.91 Å². The van der Waals surface area contributed by atoms with Gasteiger partial charge in [-0.3, -0.25) is 9.59 Å². The van der Waals surface area contributed by atoms with E-state index in [1.54, 1.807) is 45.0 Å². The maximum absolute atomic E-state index is 12.4. The second-order valence-corrected chi connectivity index (χ2v) is 8.28. The molecular formula is C28H30N2O6. The number of hydrogen-bond donors (Lipinski definition) is 3. The van der Waals surface area contributed by atoms with E-state index >= 15 is 0 Å². The molecule has 3 aromatic carbocycles. The van der Waals surface area contributed by atoms with Crippen LogP contribution in [-0.2, 0) is 25.5 Å². The lowest BCUT2D eigenvalue weighted by atomic mass is 10.1. The number of carbonyl (C=O) groups is 3. The van der Waals surface area contributed by atoms with Crippen LogP contribution in [0, 0.1) is 13.8 Å². The Kier molecular flexibility index (Phi) is 9.05. The molecule has 0 aliphatic heterocycles. The second kappa shape index (κ2) is 12.4. The van der Waals surface area contributed by atoms with Crippen LogP contribution in [0.15, 0.2) is 60.7 Å². The average molecular weight is 491 g/mol. The number of phenols is 1. The van der Waals surface area contributed by atoms with E-state index in [2.05, 4.69) is 10.6 Å². The van der Waals surface area contributed by atoms with Gasteiger partial charge in [-0.15, -0.1) is 0 Å². The first-order valence-corrected chi connectivity index (χ1v) is 11.7. The van der Waals surface area contributed by atoms with Gasteiger partial charge in [0, 0.05) is 18.2 Å². The summed E-state index contributed by atoms with van der Waals surface area (Å²) in [4.78, 5) is 35.9. The number of aryl methyl sites for hydroxylation is 3. The molecule has 0 aliphatic carbocycles. The number of phenolic OH excluding ortho intramolecular Hbond substituents is 1. The molecule has 3 N–H and O–H groups in total. The molecule has 0 fully saturated rings. The molecule has 3 aromatic rings. The molecule has 0 saturated heterocycles. The summed E-state index contributed by atoms with van der Waals surface area (Å²) in [6.45, 7) is 5.34. The highest BCUT2D eigenvalue weighted by Gasteiger charge is 2.17. The van der Waals surface area contributed by atoms with Crippen LogP contribution in [0.25, 0.3) is 0 Å². The number of anilines is 2. The van der Waals surface area contributed by atoms with Crippen molar-refractivity contribution in [3.63, 3.8) is 0 Å². The summed E-state index contributed by atoms with van der Waals surface area (Å²) in [5.74, 6) is -1.10. The van der Waals surface area contributed by atoms with Crippen molar-refractivity contribution in [3.8, 4) is 17.2 Å². The third-order valence-corrected chi connectivity index (χ3v) is 5.35. The van der Waals surface area contributed by atoms with Crippen LogP contribution in [0.4, 0.5) is 11.4 Å². The van der Waals surface area contributed by atoms with Gasteiger partial charge >= 0.3 is 11.9 Å². The monoisotopic (exact) mass is 490 g/mol. The predicted molar refractivity (Wildman–Crippen MR) is 137 cm³/mol. The van der Waals surface area contributed by atoms with Gasteiger partial charge in [0.15, 0.2) is 0 Å². The lowest BCUT2D eigenvalue weighted by Gasteiger charge is -2.15. The fourth-order valence-corrected chi connectivity index (χ4v) is 3.67. The van der Waals surface area contributed by atoms with Crippen LogP contribution in [0.2, 0.25) is 0 Å². The number of ether oxygens (including phenoxy) is 2. The van der Waals surface area contributed by atoms with Crippen molar-refractivity contribution in [2.24, 2.45) is 0 Å². The van der Waals surface area contributed by atoms with Crippen molar-refractivity contribution in [3.05, 3.63) is 77.4 Å². The fraction of sp³-hybridized carbons (Fsp3) is 0.250. The standard InChI is InChI=1S/C28H30N2O6/c1-4-35-28(34)27(33)29-21-15-18(2)26(19(3)16-21)36-22-13-14-24(31)23(17-22)30-25(32)12-8-11-20-9-6-5-7-10-20/h5-7,9-10,13-17,31H,4,8,11-12H2,1-3H3,(H,29,33)(H,30,32). The Labute approximate surface area is 210 Å². The largest absolute Gasteiger partial charge is 0.506 e. The molecular weight excluding hydrogens is 460 g/mol. The zero-order valence-electron chi connectivity index (χ0n) is 20.6. The number of carbonyl (C=O) groups excluding carboxylic acids is 3. The van der Waals surface area contributed by atoms with Gasteiger partial charge in [-0.05, 0) is 74.6 Å². The Bertz CT molecular complexity index is 1220. The van der Waals surface area contributed by atoms with Crippen molar-refractivity contribution in [1.82, 2.24) is 0 Å². The van der Waals surface area contributed by atoms with Gasteiger partial charge in [-0.25, -0.2) is 4.79 Å². The quantitative estimate of drug-likeness (QED) is 0.214. The first kappa shape index (κ1) is 26.3. The molecule has 3 rings (SSSR count). The highest BCUT2D eigenvalue weighted by Crippen LogP contribution is 2.35. The topological polar surface area (TPSA) is 114 Å². The highest BCUT2D eigenvalue weighted by atomic mass is 16.5. The first-order chi connectivity index (χ1) is 17.3. The molecule has 0 atom stereocenters. The minimum atomic E-state index is -0.952. The fourth-order valence-electron chi connectivity index (χ4n) is 3.67. The smallest absolute Gasteiger partial charge is 0.397 e. The lowest BCUT2D eigenvalue weighted by molar-refractivity contribution is -0.152. The summed E-state index contributed by atoms with van der Waals surface area (Å²) >= 11 is 0. The van der Waals surface area contributed by atoms with Crippen LogP contribution >= 0.6 is 0 Å². The van der Waals surface area contributed by atoms with Crippen LogP contribution in [-0.4, -0.2) is 29.5 Å². The molecule has 8 nitrogen and oxygen atoms in total. The number of esters is 1. The number of benzene rings is 3. The van der Waals surface area contributed by atoms with E-state index in [1.165, 1.54) is 11.6 Å². The summed E-state index contributed by atoms with van der Waals surface area (Å²) < 4.78 is 10.7. The van der Waals surface area contributed by atoms with Gasteiger partial charge < -0.3 is 25.2 Å². The molecule has 0 bridgehead atoms. The van der Waals surface area contributed by atoms with Crippen molar-refractivity contribution >= 4 is 29.2 Å². The van der Waals surface area contributed by atoms with E-state index in [4.69, 9.17) is 9.47 Å². The summed E-state index contributed by atoms with van der Waals surface area (Å²) in [7, 11) is 0. The number of aromatic hydroxyl groups is 1. The zero-order valence-corrected chi connectivity index (χ0v) is 20.6. The van der Waals surface area contributed by atoms with Gasteiger partial charge in [-0.1, -0.05) is 30.3 Å². The second-order valence-electron chi connectivity index (χ2n) is 8.28. The van der Waals surface area contributed by atoms with E-state index in [1.807, 2.05) is 30.3 Å². The normalized spacial score (nSPS) is 10.4. The Morgan fingerprint density at radius 1 is 0.917 bits per heavy atom. The molecule has 188 valence electrons. The minimum absolute atomic E-state index is 0.0655. The molecule has 0 aromatic heterocycles. The SMILES string of the molecule is CCOC(=O)C(=O)Nc1cc(C)c(Oc2ccc(O)c(NC(=O)CCCc3ccccc3)c2)c(C)c1. The molecule has 0 aliphatic rings. The van der Waals surface area contributed by atoms with Gasteiger partial charge in [0.05, 0.1) is 12.3 Å². The molecule has 2 amide bonds. The molecule has 0 radical (unpaired) electrons. The van der Waals surface area contributed by atoms with Gasteiger partial charge in [0.1, 0.15) is 17.2 Å². The molecule has 0 saturated carbocycles. The lowest BCUT2D eigenvalue weighted by Crippen LogP contribution is -2.25. The van der Waals surface area contributed by atoms with Crippen molar-refractivity contribution < 1.29 is 29.0 Å². The Hall–Kier alpha value is -4.33. The van der Waals surface area contributed by atoms with Gasteiger partial charge in [0.25, 0.3) is 0 Å². The van der Waals surface area contributed by atoms with Gasteiger partial charge in [-0.2, -0.15) is 0 Å². The first-order valence-electron chi connectivity index (χ1n) is 11.7. The van der Waals surface area contributed by atoms with E-state index in [0.29, 0.717) is 41.2 Å². The maximum atomic E-state index is 12.4. The molecule has 0 heterocycles. The molecule has 0 spiro atoms. The summed E-state index contributed by atoms with van der Waals surface area (Å²) in [6, 6.07) is 17.9. The number of hydrogen-bond acceptors (Lipinski definition) is 6. The average Bonchev–Trinajstić information content (AvgIpc) is 2.84. The summed E-state index contributed by atoms with van der Waals surface area (Å²) in [5.41, 5.74) is 3.29. The predicted octanol–water partition coefficient (Wildman–Crippen LogP) is 5.26. The molecule has 8 heteroatoms. The van der Waals surface area contributed by atoms with Crippen molar-refractivity contribution in [2.75, 3.05) is 17.2 Å². The summed E-state index contributed by atoms with van der Waals surface area (Å²) in [6.07, 6.45) is 1.79. The minimum Gasteiger partial charge on any atom is -0.506 e. The van der Waals surface area contributed by atoms with E-state index in [-0.39, 0.29) is 24.0 Å². The molecule has 36 heavy (non-hydrogen) atoms.